The van der Waals surface area contributed by atoms with Gasteiger partial charge in [0.2, 0.25) is 0 Å². The van der Waals surface area contributed by atoms with Crippen LogP contribution < -0.4 is 5.69 Å². The van der Waals surface area contributed by atoms with Gasteiger partial charge in [-0.2, -0.15) is 10.2 Å². The molecule has 9 heteroatoms. The van der Waals surface area contributed by atoms with E-state index < -0.39 is 42.5 Å². The average Bonchev–Trinajstić information content (AvgIpc) is 2.70. The summed E-state index contributed by atoms with van der Waals surface area (Å²) >= 11 is 0. The first-order valence-electron chi connectivity index (χ1n) is 6.08. The molecule has 1 saturated heterocycles. The first kappa shape index (κ1) is 15.5. The van der Waals surface area contributed by atoms with Crippen molar-refractivity contribution in [3.05, 3.63) is 28.4 Å². The Balaban J connectivity index is 2.63. The number of hydrogen-bond donors (Lipinski definition) is 3. The van der Waals surface area contributed by atoms with Crippen LogP contribution in [0.3, 0.4) is 0 Å². The Morgan fingerprint density at radius 2 is 2.24 bits per heavy atom. The molecule has 114 valence electrons. The number of hydrogen-bond acceptors (Lipinski definition) is 7. The highest BCUT2D eigenvalue weighted by molar-refractivity contribution is 5.17. The molecule has 1 aliphatic heterocycles. The van der Waals surface area contributed by atoms with E-state index in [0.29, 0.717) is 10.3 Å². The minimum Gasteiger partial charge on any atom is -0.393 e. The average molecular weight is 299 g/mol. The fraction of sp³-hybridized carbons (Fsp3) is 0.583. The van der Waals surface area contributed by atoms with Crippen LogP contribution in [0.15, 0.2) is 17.1 Å². The maximum Gasteiger partial charge on any atom is 0.351 e. The summed E-state index contributed by atoms with van der Waals surface area (Å²) in [7, 11) is 0. The number of alkyl halides is 1. The van der Waals surface area contributed by atoms with Crippen LogP contribution in [0, 0.1) is 18.3 Å². The number of ether oxygens (including phenoxy) is 1. The summed E-state index contributed by atoms with van der Waals surface area (Å²) in [6.07, 6.45) is -2.68. The molecule has 0 unspecified atom stereocenters. The van der Waals surface area contributed by atoms with Crippen molar-refractivity contribution in [1.29, 1.82) is 5.26 Å². The molecule has 1 fully saturated rings. The number of halogens is 1. The van der Waals surface area contributed by atoms with E-state index in [2.05, 4.69) is 4.98 Å². The van der Waals surface area contributed by atoms with Crippen molar-refractivity contribution < 1.29 is 24.4 Å². The van der Waals surface area contributed by atoms with Gasteiger partial charge in [-0.25, -0.2) is 9.18 Å². The summed E-state index contributed by atoms with van der Waals surface area (Å²) in [5.74, 6) is 0. The van der Waals surface area contributed by atoms with Crippen LogP contribution >= 0.6 is 0 Å². The molecule has 1 aliphatic rings. The Hall–Kier alpha value is -1.86. The second kappa shape index (κ2) is 5.16. The Labute approximate surface area is 118 Å². The molecule has 1 aromatic rings. The molecule has 0 bridgehead atoms. The Bertz CT molecular complexity index is 639. The van der Waals surface area contributed by atoms with E-state index in [1.54, 1.807) is 13.0 Å². The second-order valence-corrected chi connectivity index (χ2v) is 4.88. The van der Waals surface area contributed by atoms with Gasteiger partial charge in [0.25, 0.3) is 5.72 Å². The van der Waals surface area contributed by atoms with E-state index in [0.717, 1.165) is 6.20 Å². The highest BCUT2D eigenvalue weighted by Gasteiger charge is 2.64. The van der Waals surface area contributed by atoms with Crippen LogP contribution in [0.4, 0.5) is 4.39 Å². The second-order valence-electron chi connectivity index (χ2n) is 4.88. The van der Waals surface area contributed by atoms with E-state index in [1.165, 1.54) is 6.07 Å². The number of aliphatic hydroxyl groups is 3. The lowest BCUT2D eigenvalue weighted by atomic mass is 9.95. The predicted octanol–water partition coefficient (Wildman–Crippen LogP) is -1.82. The number of aromatic nitrogens is 2. The number of nitriles is 1. The third kappa shape index (κ3) is 2.04. The van der Waals surface area contributed by atoms with Crippen LogP contribution in [0.2, 0.25) is 0 Å². The van der Waals surface area contributed by atoms with Gasteiger partial charge in [0.1, 0.15) is 25.0 Å². The highest BCUT2D eigenvalue weighted by Crippen LogP contribution is 2.41. The topological polar surface area (TPSA) is 129 Å². The first-order valence-corrected chi connectivity index (χ1v) is 6.08. The number of aryl methyl sites for hydroxylation is 1. The molecule has 0 saturated carbocycles. The van der Waals surface area contributed by atoms with Crippen molar-refractivity contribution in [2.75, 3.05) is 13.3 Å². The summed E-state index contributed by atoms with van der Waals surface area (Å²) in [6, 6.07) is 2.96. The summed E-state index contributed by atoms with van der Waals surface area (Å²) in [4.78, 5) is 15.5. The van der Waals surface area contributed by atoms with Gasteiger partial charge in [0, 0.05) is 11.9 Å². The van der Waals surface area contributed by atoms with Crippen molar-refractivity contribution in [3.8, 4) is 6.07 Å². The summed E-state index contributed by atoms with van der Waals surface area (Å²) in [5, 5.41) is 38.6. The normalized spacial score (nSPS) is 35.6. The van der Waals surface area contributed by atoms with Crippen LogP contribution in [0.25, 0.3) is 0 Å². The smallest absolute Gasteiger partial charge is 0.351 e. The van der Waals surface area contributed by atoms with Crippen LogP contribution in [-0.4, -0.2) is 56.0 Å². The predicted molar refractivity (Wildman–Crippen MR) is 65.7 cm³/mol. The first-order chi connectivity index (χ1) is 9.86. The van der Waals surface area contributed by atoms with Gasteiger partial charge < -0.3 is 20.1 Å². The van der Waals surface area contributed by atoms with Crippen molar-refractivity contribution in [3.63, 3.8) is 0 Å². The maximum atomic E-state index is 13.2. The molecule has 1 aromatic heterocycles. The number of aliphatic hydroxyl groups excluding tert-OH is 3. The molecular formula is C12H14FN3O5. The lowest BCUT2D eigenvalue weighted by molar-refractivity contribution is -0.168. The van der Waals surface area contributed by atoms with E-state index in [4.69, 9.17) is 4.74 Å². The maximum absolute atomic E-state index is 13.2. The molecule has 2 heterocycles. The van der Waals surface area contributed by atoms with Gasteiger partial charge in [-0.15, -0.1) is 0 Å². The third-order valence-corrected chi connectivity index (χ3v) is 3.55. The highest BCUT2D eigenvalue weighted by atomic mass is 19.1. The van der Waals surface area contributed by atoms with Crippen molar-refractivity contribution in [2.45, 2.75) is 30.5 Å². The number of nitrogens with zero attached hydrogens (tertiary/aromatic N) is 3. The Morgan fingerprint density at radius 1 is 1.57 bits per heavy atom. The largest absolute Gasteiger partial charge is 0.393 e. The SMILES string of the molecule is Cc1ccn([C@]2(C#N)O[C@@](CO)(CF)[C@@H](O)[C@H]2O)c(=O)n1. The van der Waals surface area contributed by atoms with Crippen molar-refractivity contribution >= 4 is 0 Å². The molecular weight excluding hydrogens is 285 g/mol. The molecule has 0 spiro atoms. The Kier molecular flexibility index (Phi) is 3.81. The summed E-state index contributed by atoms with van der Waals surface area (Å²) in [5.41, 5.74) is -5.09. The minimum atomic E-state index is -2.37. The van der Waals surface area contributed by atoms with Gasteiger partial charge in [0.05, 0.1) is 6.61 Å². The molecule has 8 nitrogen and oxygen atoms in total. The lowest BCUT2D eigenvalue weighted by Crippen LogP contribution is -2.49. The van der Waals surface area contributed by atoms with Crippen molar-refractivity contribution in [2.24, 2.45) is 0 Å². The van der Waals surface area contributed by atoms with Gasteiger partial charge in [-0.1, -0.05) is 0 Å². The van der Waals surface area contributed by atoms with Crippen LogP contribution in [0.1, 0.15) is 5.69 Å². The fourth-order valence-corrected chi connectivity index (χ4v) is 2.28. The summed E-state index contributed by atoms with van der Waals surface area (Å²) in [6.45, 7) is -0.774. The van der Waals surface area contributed by atoms with Crippen LogP contribution in [0.5, 0.6) is 0 Å². The number of rotatable bonds is 3. The molecule has 21 heavy (non-hydrogen) atoms. The molecule has 0 radical (unpaired) electrons. The zero-order valence-corrected chi connectivity index (χ0v) is 11.1. The third-order valence-electron chi connectivity index (χ3n) is 3.55. The molecule has 3 N–H and O–H groups in total. The summed E-state index contributed by atoms with van der Waals surface area (Å²) < 4.78 is 19.0. The minimum absolute atomic E-state index is 0.372. The molecule has 4 atom stereocenters. The van der Waals surface area contributed by atoms with E-state index in [-0.39, 0.29) is 0 Å². The van der Waals surface area contributed by atoms with Crippen molar-refractivity contribution in [1.82, 2.24) is 9.55 Å². The Morgan fingerprint density at radius 3 is 2.67 bits per heavy atom. The van der Waals surface area contributed by atoms with E-state index >= 15 is 0 Å². The zero-order valence-electron chi connectivity index (χ0n) is 11.1. The van der Waals surface area contributed by atoms with Gasteiger partial charge in [0.15, 0.2) is 5.60 Å². The zero-order chi connectivity index (χ0) is 15.8. The van der Waals surface area contributed by atoms with E-state index in [1.807, 2.05) is 0 Å². The quantitative estimate of drug-likeness (QED) is 0.599. The van der Waals surface area contributed by atoms with Gasteiger partial charge in [-0.3, -0.25) is 4.57 Å². The standard InChI is InChI=1S/C12H14FN3O5/c1-7-2-3-16(10(20)15-7)12(5-14)9(19)8(18)11(4-13,6-17)21-12/h2-3,8-9,17-19H,4,6H2,1H3/t8-,9+,11+,12+/m0/s1. The molecule has 0 aromatic carbocycles. The molecule has 0 aliphatic carbocycles. The van der Waals surface area contributed by atoms with Crippen LogP contribution in [-0.2, 0) is 10.5 Å². The van der Waals surface area contributed by atoms with E-state index in [9.17, 15) is 29.8 Å². The monoisotopic (exact) mass is 299 g/mol. The van der Waals surface area contributed by atoms with Gasteiger partial charge in [-0.05, 0) is 13.0 Å². The fourth-order valence-electron chi connectivity index (χ4n) is 2.28. The van der Waals surface area contributed by atoms with Gasteiger partial charge >= 0.3 is 5.69 Å². The molecule has 2 rings (SSSR count). The lowest BCUT2D eigenvalue weighted by Gasteiger charge is -2.29. The molecule has 0 amide bonds.